The Balaban J connectivity index is 1.81. The van der Waals surface area contributed by atoms with Gasteiger partial charge in [-0.05, 0) is 60.4 Å². The number of carbonyl (C=O) groups is 1. The molecule has 130 valence electrons. The summed E-state index contributed by atoms with van der Waals surface area (Å²) in [4.78, 5) is 12.0. The van der Waals surface area contributed by atoms with E-state index in [0.29, 0.717) is 6.42 Å². The molecule has 24 heavy (non-hydrogen) atoms. The van der Waals surface area contributed by atoms with Crippen molar-refractivity contribution in [2.75, 3.05) is 13.7 Å². The van der Waals surface area contributed by atoms with Crippen molar-refractivity contribution in [3.05, 3.63) is 52.2 Å². The highest BCUT2D eigenvalue weighted by Crippen LogP contribution is 2.22. The molecule has 0 saturated heterocycles. The van der Waals surface area contributed by atoms with Crippen LogP contribution in [0.5, 0.6) is 5.75 Å². The number of ether oxygens (including phenoxy) is 1. The van der Waals surface area contributed by atoms with Gasteiger partial charge in [-0.15, -0.1) is 0 Å². The van der Waals surface area contributed by atoms with Crippen molar-refractivity contribution >= 4 is 17.4 Å². The van der Waals surface area contributed by atoms with Crippen LogP contribution in [-0.4, -0.2) is 30.8 Å². The van der Waals surface area contributed by atoms with Gasteiger partial charge in [-0.1, -0.05) is 12.1 Å². The van der Waals surface area contributed by atoms with Gasteiger partial charge >= 0.3 is 6.03 Å². The van der Waals surface area contributed by atoms with Crippen LogP contribution in [-0.2, 0) is 12.0 Å². The summed E-state index contributed by atoms with van der Waals surface area (Å²) in [6.45, 7) is 3.78. The standard InChI is InChI=1S/C18H24N2O3S/c1-13(9-14-5-4-6-16(10-14)23-3)20-17(21)19-12-18(2,22)15-7-8-24-11-15/h4-8,10-11,13,22H,9,12H2,1-3H3,(H2,19,20,21)/t13-,18+/m1/s1. The van der Waals surface area contributed by atoms with E-state index in [4.69, 9.17) is 4.74 Å². The first-order valence-electron chi connectivity index (χ1n) is 7.83. The molecular weight excluding hydrogens is 324 g/mol. The van der Waals surface area contributed by atoms with Gasteiger partial charge in [0.2, 0.25) is 0 Å². The number of hydrogen-bond acceptors (Lipinski definition) is 4. The van der Waals surface area contributed by atoms with E-state index < -0.39 is 5.60 Å². The van der Waals surface area contributed by atoms with E-state index in [0.717, 1.165) is 16.9 Å². The molecule has 1 heterocycles. The van der Waals surface area contributed by atoms with Crippen molar-refractivity contribution in [2.24, 2.45) is 0 Å². The molecule has 1 aromatic carbocycles. The molecule has 0 bridgehead atoms. The van der Waals surface area contributed by atoms with Crippen LogP contribution in [0.15, 0.2) is 41.1 Å². The topological polar surface area (TPSA) is 70.6 Å². The molecule has 0 fully saturated rings. The Morgan fingerprint density at radius 1 is 1.42 bits per heavy atom. The molecule has 1 aromatic heterocycles. The number of hydrogen-bond donors (Lipinski definition) is 3. The normalized spacial score (nSPS) is 14.5. The Morgan fingerprint density at radius 2 is 2.21 bits per heavy atom. The molecule has 0 aliphatic heterocycles. The minimum absolute atomic E-state index is 0.0387. The molecular formula is C18H24N2O3S. The zero-order chi connectivity index (χ0) is 17.6. The molecule has 0 saturated carbocycles. The largest absolute Gasteiger partial charge is 0.497 e. The second kappa shape index (κ2) is 8.17. The summed E-state index contributed by atoms with van der Waals surface area (Å²) in [5, 5.41) is 19.8. The van der Waals surface area contributed by atoms with Crippen LogP contribution in [0.1, 0.15) is 25.0 Å². The average Bonchev–Trinajstić information content (AvgIpc) is 3.08. The van der Waals surface area contributed by atoms with Crippen molar-refractivity contribution in [1.82, 2.24) is 10.6 Å². The van der Waals surface area contributed by atoms with Gasteiger partial charge in [-0.3, -0.25) is 0 Å². The number of urea groups is 1. The third kappa shape index (κ3) is 5.25. The van der Waals surface area contributed by atoms with E-state index >= 15 is 0 Å². The fourth-order valence-corrected chi connectivity index (χ4v) is 3.19. The van der Waals surface area contributed by atoms with Gasteiger partial charge in [0.15, 0.2) is 0 Å². The summed E-state index contributed by atoms with van der Waals surface area (Å²) < 4.78 is 5.20. The molecule has 0 aliphatic carbocycles. The molecule has 0 unspecified atom stereocenters. The second-order valence-corrected chi connectivity index (χ2v) is 6.85. The average molecular weight is 348 g/mol. The third-order valence-corrected chi connectivity index (χ3v) is 4.47. The Morgan fingerprint density at radius 3 is 2.88 bits per heavy atom. The van der Waals surface area contributed by atoms with Gasteiger partial charge < -0.3 is 20.5 Å². The summed E-state index contributed by atoms with van der Waals surface area (Å²) in [7, 11) is 1.63. The maximum atomic E-state index is 12.0. The monoisotopic (exact) mass is 348 g/mol. The molecule has 3 N–H and O–H groups in total. The van der Waals surface area contributed by atoms with Gasteiger partial charge in [-0.25, -0.2) is 4.79 Å². The number of thiophene rings is 1. The lowest BCUT2D eigenvalue weighted by molar-refractivity contribution is 0.0597. The van der Waals surface area contributed by atoms with Crippen LogP contribution >= 0.6 is 11.3 Å². The first-order valence-corrected chi connectivity index (χ1v) is 8.77. The summed E-state index contributed by atoms with van der Waals surface area (Å²) in [5.41, 5.74) is 0.817. The lowest BCUT2D eigenvalue weighted by Crippen LogP contribution is -2.46. The number of rotatable bonds is 7. The highest BCUT2D eigenvalue weighted by atomic mass is 32.1. The smallest absolute Gasteiger partial charge is 0.315 e. The molecule has 0 aliphatic rings. The number of methoxy groups -OCH3 is 1. The van der Waals surface area contributed by atoms with Crippen LogP contribution in [0.4, 0.5) is 4.79 Å². The predicted molar refractivity (Wildman–Crippen MR) is 96.6 cm³/mol. The maximum Gasteiger partial charge on any atom is 0.315 e. The fourth-order valence-electron chi connectivity index (χ4n) is 2.40. The fraction of sp³-hybridized carbons (Fsp3) is 0.389. The zero-order valence-corrected chi connectivity index (χ0v) is 15.0. The van der Waals surface area contributed by atoms with Crippen molar-refractivity contribution < 1.29 is 14.6 Å². The number of benzene rings is 1. The Hall–Kier alpha value is -2.05. The highest BCUT2D eigenvalue weighted by Gasteiger charge is 2.24. The molecule has 6 heteroatoms. The molecule has 2 rings (SSSR count). The van der Waals surface area contributed by atoms with Crippen molar-refractivity contribution in [3.8, 4) is 5.75 Å². The lowest BCUT2D eigenvalue weighted by Gasteiger charge is -2.23. The van der Waals surface area contributed by atoms with E-state index in [1.54, 1.807) is 14.0 Å². The SMILES string of the molecule is COc1cccc(C[C@@H](C)NC(=O)NC[C@](C)(O)c2ccsc2)c1. The van der Waals surface area contributed by atoms with E-state index in [2.05, 4.69) is 10.6 Å². The van der Waals surface area contributed by atoms with Crippen LogP contribution < -0.4 is 15.4 Å². The minimum Gasteiger partial charge on any atom is -0.497 e. The van der Waals surface area contributed by atoms with Gasteiger partial charge in [0, 0.05) is 6.04 Å². The summed E-state index contributed by atoms with van der Waals surface area (Å²) in [6.07, 6.45) is 0.700. The molecule has 2 atom stereocenters. The van der Waals surface area contributed by atoms with E-state index in [-0.39, 0.29) is 18.6 Å². The predicted octanol–water partition coefficient (Wildman–Crippen LogP) is 2.89. The lowest BCUT2D eigenvalue weighted by atomic mass is 9.99. The molecule has 0 radical (unpaired) electrons. The summed E-state index contributed by atoms with van der Waals surface area (Å²) in [5.74, 6) is 0.802. The number of amides is 2. The highest BCUT2D eigenvalue weighted by molar-refractivity contribution is 7.08. The van der Waals surface area contributed by atoms with E-state index in [9.17, 15) is 9.90 Å². The van der Waals surface area contributed by atoms with Crippen LogP contribution in [0, 0.1) is 0 Å². The van der Waals surface area contributed by atoms with Gasteiger partial charge in [0.25, 0.3) is 0 Å². The molecule has 0 spiro atoms. The van der Waals surface area contributed by atoms with E-state index in [1.807, 2.05) is 48.0 Å². The maximum absolute atomic E-state index is 12.0. The Labute approximate surface area is 146 Å². The first-order chi connectivity index (χ1) is 11.4. The zero-order valence-electron chi connectivity index (χ0n) is 14.2. The van der Waals surface area contributed by atoms with Gasteiger partial charge in [-0.2, -0.15) is 11.3 Å². The van der Waals surface area contributed by atoms with Crippen LogP contribution in [0.2, 0.25) is 0 Å². The molecule has 5 nitrogen and oxygen atoms in total. The molecule has 2 amide bonds. The second-order valence-electron chi connectivity index (χ2n) is 6.07. The number of aliphatic hydroxyl groups is 1. The molecule has 2 aromatic rings. The summed E-state index contributed by atoms with van der Waals surface area (Å²) >= 11 is 1.52. The van der Waals surface area contributed by atoms with Crippen molar-refractivity contribution in [1.29, 1.82) is 0 Å². The summed E-state index contributed by atoms with van der Waals surface area (Å²) in [6, 6.07) is 9.30. The van der Waals surface area contributed by atoms with Crippen molar-refractivity contribution in [3.63, 3.8) is 0 Å². The Bertz CT molecular complexity index is 656. The Kier molecular flexibility index (Phi) is 6.23. The third-order valence-electron chi connectivity index (χ3n) is 3.79. The minimum atomic E-state index is -1.08. The number of nitrogens with one attached hydrogen (secondary N) is 2. The van der Waals surface area contributed by atoms with Gasteiger partial charge in [0.1, 0.15) is 11.4 Å². The van der Waals surface area contributed by atoms with Gasteiger partial charge in [0.05, 0.1) is 13.7 Å². The van der Waals surface area contributed by atoms with E-state index in [1.165, 1.54) is 11.3 Å². The number of carbonyl (C=O) groups excluding carboxylic acids is 1. The quantitative estimate of drug-likeness (QED) is 0.720. The van der Waals surface area contributed by atoms with Crippen molar-refractivity contribution in [2.45, 2.75) is 31.9 Å². The van der Waals surface area contributed by atoms with Crippen LogP contribution in [0.25, 0.3) is 0 Å². The first kappa shape index (κ1) is 18.3. The van der Waals surface area contributed by atoms with Crippen LogP contribution in [0.3, 0.4) is 0 Å².